The van der Waals surface area contributed by atoms with Gasteiger partial charge in [-0.05, 0) is 24.6 Å². The Kier molecular flexibility index (Phi) is 3.69. The van der Waals surface area contributed by atoms with Gasteiger partial charge in [-0.3, -0.25) is 0 Å². The molecule has 0 radical (unpaired) electrons. The van der Waals surface area contributed by atoms with Gasteiger partial charge in [0, 0.05) is 0 Å². The van der Waals surface area contributed by atoms with Crippen molar-refractivity contribution in [1.82, 2.24) is 0 Å². The lowest BCUT2D eigenvalue weighted by Gasteiger charge is -2.05. The molecule has 0 aliphatic rings. The van der Waals surface area contributed by atoms with Crippen molar-refractivity contribution >= 4 is 0 Å². The fourth-order valence-electron chi connectivity index (χ4n) is 0.940. The van der Waals surface area contributed by atoms with Crippen LogP contribution < -0.4 is 4.74 Å². The van der Waals surface area contributed by atoms with E-state index in [0.29, 0.717) is 18.6 Å². The van der Waals surface area contributed by atoms with Crippen LogP contribution in [0.3, 0.4) is 0 Å². The molecule has 0 saturated carbocycles. The van der Waals surface area contributed by atoms with E-state index in [2.05, 4.69) is 6.58 Å². The molecule has 0 aliphatic heterocycles. The van der Waals surface area contributed by atoms with E-state index in [1.54, 1.807) is 6.08 Å². The molecule has 1 rings (SSSR count). The van der Waals surface area contributed by atoms with E-state index in [9.17, 15) is 4.39 Å². The molecule has 72 valence electrons. The molecular formula is C11H10FNO. The standard InChI is InChI=1S/C11H10FNO/c1-2-3-6-14-11-5-4-9(8-13)7-10(11)12/h2,4-5,7H,1,3,6H2. The number of benzene rings is 1. The molecule has 3 heteroatoms. The summed E-state index contributed by atoms with van der Waals surface area (Å²) in [6.07, 6.45) is 2.36. The van der Waals surface area contributed by atoms with Gasteiger partial charge in [0.25, 0.3) is 0 Å². The maximum absolute atomic E-state index is 13.2. The van der Waals surface area contributed by atoms with E-state index in [1.165, 1.54) is 12.1 Å². The van der Waals surface area contributed by atoms with Crippen LogP contribution in [0.25, 0.3) is 0 Å². The summed E-state index contributed by atoms with van der Waals surface area (Å²) in [4.78, 5) is 0. The maximum atomic E-state index is 13.2. The Bertz CT molecular complexity index is 368. The zero-order valence-electron chi connectivity index (χ0n) is 7.66. The summed E-state index contributed by atoms with van der Waals surface area (Å²) >= 11 is 0. The van der Waals surface area contributed by atoms with Gasteiger partial charge in [0.1, 0.15) is 0 Å². The molecule has 0 unspecified atom stereocenters. The molecular weight excluding hydrogens is 181 g/mol. The SMILES string of the molecule is C=CCCOc1ccc(C#N)cc1F. The number of ether oxygens (including phenoxy) is 1. The zero-order chi connectivity index (χ0) is 10.4. The maximum Gasteiger partial charge on any atom is 0.166 e. The van der Waals surface area contributed by atoms with Crippen LogP contribution in [0.15, 0.2) is 30.9 Å². The van der Waals surface area contributed by atoms with Gasteiger partial charge in [0.15, 0.2) is 11.6 Å². The average Bonchev–Trinajstić information content (AvgIpc) is 2.20. The summed E-state index contributed by atoms with van der Waals surface area (Å²) in [7, 11) is 0. The van der Waals surface area contributed by atoms with Crippen LogP contribution in [-0.4, -0.2) is 6.61 Å². The molecule has 0 fully saturated rings. The van der Waals surface area contributed by atoms with Crippen molar-refractivity contribution in [3.8, 4) is 11.8 Å². The van der Waals surface area contributed by atoms with Crippen molar-refractivity contribution in [2.75, 3.05) is 6.61 Å². The Morgan fingerprint density at radius 1 is 1.57 bits per heavy atom. The minimum absolute atomic E-state index is 0.172. The molecule has 0 bridgehead atoms. The van der Waals surface area contributed by atoms with Gasteiger partial charge in [0.2, 0.25) is 0 Å². The third-order valence-corrected chi connectivity index (χ3v) is 1.64. The number of nitrogens with zero attached hydrogens (tertiary/aromatic N) is 1. The van der Waals surface area contributed by atoms with Crippen LogP contribution in [0.2, 0.25) is 0 Å². The fourth-order valence-corrected chi connectivity index (χ4v) is 0.940. The van der Waals surface area contributed by atoms with Gasteiger partial charge >= 0.3 is 0 Å². The first-order valence-corrected chi connectivity index (χ1v) is 4.21. The molecule has 1 aromatic carbocycles. The lowest BCUT2D eigenvalue weighted by Crippen LogP contribution is -1.97. The summed E-state index contributed by atoms with van der Waals surface area (Å²) < 4.78 is 18.3. The van der Waals surface area contributed by atoms with Crippen LogP contribution in [0, 0.1) is 17.1 Å². The van der Waals surface area contributed by atoms with Crippen LogP contribution in [0.1, 0.15) is 12.0 Å². The first-order chi connectivity index (χ1) is 6.77. The summed E-state index contributed by atoms with van der Waals surface area (Å²) in [6, 6.07) is 5.98. The minimum Gasteiger partial charge on any atom is -0.490 e. The molecule has 0 amide bonds. The average molecular weight is 191 g/mol. The van der Waals surface area contributed by atoms with Crippen LogP contribution in [0.5, 0.6) is 5.75 Å². The summed E-state index contributed by atoms with van der Waals surface area (Å²) in [5.41, 5.74) is 0.290. The molecule has 0 atom stereocenters. The number of rotatable bonds is 4. The van der Waals surface area contributed by atoms with E-state index in [1.807, 2.05) is 6.07 Å². The second-order valence-corrected chi connectivity index (χ2v) is 2.68. The summed E-state index contributed by atoms with van der Waals surface area (Å²) in [6.45, 7) is 3.92. The van der Waals surface area contributed by atoms with Crippen molar-refractivity contribution in [2.45, 2.75) is 6.42 Å². The van der Waals surface area contributed by atoms with Crippen molar-refractivity contribution in [2.24, 2.45) is 0 Å². The normalized spacial score (nSPS) is 9.14. The highest BCUT2D eigenvalue weighted by Crippen LogP contribution is 2.17. The van der Waals surface area contributed by atoms with Crippen molar-refractivity contribution in [1.29, 1.82) is 5.26 Å². The highest BCUT2D eigenvalue weighted by atomic mass is 19.1. The van der Waals surface area contributed by atoms with Crippen LogP contribution in [0.4, 0.5) is 4.39 Å². The van der Waals surface area contributed by atoms with Crippen LogP contribution >= 0.6 is 0 Å². The minimum atomic E-state index is -0.506. The third kappa shape index (κ3) is 2.60. The monoisotopic (exact) mass is 191 g/mol. The number of nitriles is 1. The molecule has 2 nitrogen and oxygen atoms in total. The largest absolute Gasteiger partial charge is 0.490 e. The second-order valence-electron chi connectivity index (χ2n) is 2.68. The van der Waals surface area contributed by atoms with Gasteiger partial charge < -0.3 is 4.74 Å². The van der Waals surface area contributed by atoms with Crippen molar-refractivity contribution < 1.29 is 9.13 Å². The topological polar surface area (TPSA) is 33.0 Å². The summed E-state index contributed by atoms with van der Waals surface area (Å²) in [5, 5.41) is 8.50. The molecule has 0 aromatic heterocycles. The van der Waals surface area contributed by atoms with E-state index >= 15 is 0 Å². The van der Waals surface area contributed by atoms with Gasteiger partial charge in [-0.2, -0.15) is 5.26 Å². The summed E-state index contributed by atoms with van der Waals surface area (Å²) in [5.74, 6) is -0.334. The Morgan fingerprint density at radius 3 is 2.93 bits per heavy atom. The quantitative estimate of drug-likeness (QED) is 0.541. The van der Waals surface area contributed by atoms with Crippen LogP contribution in [-0.2, 0) is 0 Å². The molecule has 0 aliphatic carbocycles. The Balaban J connectivity index is 2.70. The predicted molar refractivity (Wildman–Crippen MR) is 51.4 cm³/mol. The Morgan fingerprint density at radius 2 is 2.36 bits per heavy atom. The Labute approximate surface area is 82.2 Å². The van der Waals surface area contributed by atoms with Crippen molar-refractivity contribution in [3.05, 3.63) is 42.2 Å². The molecule has 14 heavy (non-hydrogen) atoms. The van der Waals surface area contributed by atoms with Gasteiger partial charge in [-0.1, -0.05) is 6.08 Å². The van der Waals surface area contributed by atoms with E-state index in [0.717, 1.165) is 6.07 Å². The molecule has 0 saturated heterocycles. The lowest BCUT2D eigenvalue weighted by atomic mass is 10.2. The molecule has 0 heterocycles. The first kappa shape index (κ1) is 10.3. The predicted octanol–water partition coefficient (Wildman–Crippen LogP) is 2.65. The highest BCUT2D eigenvalue weighted by molar-refractivity contribution is 5.35. The number of hydrogen-bond donors (Lipinski definition) is 0. The van der Waals surface area contributed by atoms with E-state index in [4.69, 9.17) is 10.00 Å². The lowest BCUT2D eigenvalue weighted by molar-refractivity contribution is 0.308. The van der Waals surface area contributed by atoms with Crippen molar-refractivity contribution in [3.63, 3.8) is 0 Å². The molecule has 1 aromatic rings. The third-order valence-electron chi connectivity index (χ3n) is 1.64. The number of hydrogen-bond acceptors (Lipinski definition) is 2. The fraction of sp³-hybridized carbons (Fsp3) is 0.182. The van der Waals surface area contributed by atoms with Gasteiger partial charge in [0.05, 0.1) is 18.2 Å². The van der Waals surface area contributed by atoms with E-state index < -0.39 is 5.82 Å². The molecule has 0 spiro atoms. The van der Waals surface area contributed by atoms with E-state index in [-0.39, 0.29) is 5.75 Å². The molecule has 0 N–H and O–H groups in total. The van der Waals surface area contributed by atoms with Gasteiger partial charge in [-0.15, -0.1) is 6.58 Å². The zero-order valence-corrected chi connectivity index (χ0v) is 7.66. The number of halogens is 1. The Hall–Kier alpha value is -1.82. The second kappa shape index (κ2) is 5.03. The highest BCUT2D eigenvalue weighted by Gasteiger charge is 2.03. The van der Waals surface area contributed by atoms with Gasteiger partial charge in [-0.25, -0.2) is 4.39 Å². The first-order valence-electron chi connectivity index (χ1n) is 4.21. The smallest absolute Gasteiger partial charge is 0.166 e.